The first-order chi connectivity index (χ1) is 12.9. The average molecular weight is 387 g/mol. The zero-order valence-corrected chi connectivity index (χ0v) is 15.5. The summed E-state index contributed by atoms with van der Waals surface area (Å²) in [4.78, 5) is 18.1. The van der Waals surface area contributed by atoms with Crippen molar-refractivity contribution in [2.45, 2.75) is 27.0 Å². The van der Waals surface area contributed by atoms with Crippen molar-refractivity contribution in [2.75, 3.05) is 26.7 Å². The Morgan fingerprint density at radius 1 is 1.41 bits per heavy atom. The van der Waals surface area contributed by atoms with Crippen LogP contribution in [0, 0.1) is 17.7 Å². The van der Waals surface area contributed by atoms with Crippen LogP contribution in [0.4, 0.5) is 13.2 Å². The van der Waals surface area contributed by atoms with Gasteiger partial charge in [0.1, 0.15) is 11.6 Å². The van der Waals surface area contributed by atoms with Gasteiger partial charge in [-0.2, -0.15) is 8.78 Å². The van der Waals surface area contributed by atoms with E-state index in [0.717, 1.165) is 0 Å². The van der Waals surface area contributed by atoms with E-state index in [9.17, 15) is 18.0 Å². The van der Waals surface area contributed by atoms with E-state index in [4.69, 9.17) is 4.74 Å². The molecule has 6 nitrogen and oxygen atoms in total. The van der Waals surface area contributed by atoms with Crippen molar-refractivity contribution in [2.24, 2.45) is 16.8 Å². The second-order valence-electron chi connectivity index (χ2n) is 6.28. The number of nitrogens with one attached hydrogen (secondary N) is 1. The minimum atomic E-state index is -3.05. The average Bonchev–Trinajstić information content (AvgIpc) is 3.00. The molecule has 0 amide bonds. The van der Waals surface area contributed by atoms with Crippen LogP contribution >= 0.6 is 0 Å². The minimum Gasteiger partial charge on any atom is -0.469 e. The summed E-state index contributed by atoms with van der Waals surface area (Å²) in [6, 6.07) is 3.74. The van der Waals surface area contributed by atoms with Gasteiger partial charge in [0.15, 0.2) is 5.96 Å². The zero-order chi connectivity index (χ0) is 20.0. The van der Waals surface area contributed by atoms with Crippen molar-refractivity contribution >= 4 is 11.9 Å². The molecule has 1 aliphatic rings. The number of rotatable bonds is 6. The number of hydrogen-bond donors (Lipinski definition) is 1. The van der Waals surface area contributed by atoms with Gasteiger partial charge in [-0.05, 0) is 25.0 Å². The molecule has 1 aromatic carbocycles. The normalized spacial score (nSPS) is 20.1. The number of ether oxygens (including phenoxy) is 2. The first-order valence-electron chi connectivity index (χ1n) is 8.70. The molecule has 1 aromatic rings. The molecule has 1 saturated heterocycles. The largest absolute Gasteiger partial charge is 0.469 e. The molecule has 0 spiro atoms. The number of benzene rings is 1. The Bertz CT molecular complexity index is 685. The topological polar surface area (TPSA) is 63.2 Å². The number of carbonyl (C=O) groups excluding carboxylic acids is 1. The quantitative estimate of drug-likeness (QED) is 0.462. The third-order valence-corrected chi connectivity index (χ3v) is 4.43. The molecule has 0 bridgehead atoms. The fourth-order valence-corrected chi connectivity index (χ4v) is 3.08. The molecule has 0 aliphatic carbocycles. The maximum Gasteiger partial charge on any atom is 0.387 e. The van der Waals surface area contributed by atoms with Gasteiger partial charge in [0, 0.05) is 19.6 Å². The first-order valence-corrected chi connectivity index (χ1v) is 8.70. The smallest absolute Gasteiger partial charge is 0.387 e. The Labute approximate surface area is 156 Å². The van der Waals surface area contributed by atoms with Crippen molar-refractivity contribution in [1.29, 1.82) is 0 Å². The molecule has 9 heteroatoms. The number of guanidine groups is 1. The number of esters is 1. The Morgan fingerprint density at radius 3 is 2.78 bits per heavy atom. The number of aliphatic imine (C=N–C) groups is 1. The molecule has 2 atom stereocenters. The van der Waals surface area contributed by atoms with Crippen molar-refractivity contribution in [3.05, 3.63) is 29.6 Å². The lowest BCUT2D eigenvalue weighted by atomic mass is 9.99. The number of carbonyl (C=O) groups is 1. The van der Waals surface area contributed by atoms with Gasteiger partial charge in [-0.15, -0.1) is 0 Å². The highest BCUT2D eigenvalue weighted by Gasteiger charge is 2.36. The van der Waals surface area contributed by atoms with Crippen LogP contribution in [0.3, 0.4) is 0 Å². The summed E-state index contributed by atoms with van der Waals surface area (Å²) in [5.41, 5.74) is -0.0510. The maximum atomic E-state index is 14.1. The molecule has 0 saturated carbocycles. The van der Waals surface area contributed by atoms with Crippen LogP contribution < -0.4 is 10.1 Å². The minimum absolute atomic E-state index is 0.0510. The van der Waals surface area contributed by atoms with Crippen molar-refractivity contribution < 1.29 is 27.4 Å². The Hall–Kier alpha value is -2.45. The van der Waals surface area contributed by atoms with Gasteiger partial charge in [-0.25, -0.2) is 9.38 Å². The van der Waals surface area contributed by atoms with E-state index in [1.807, 2.05) is 18.7 Å². The van der Waals surface area contributed by atoms with E-state index in [1.165, 1.54) is 25.3 Å². The number of likely N-dealkylation sites (tertiary alicyclic amines) is 1. The van der Waals surface area contributed by atoms with Gasteiger partial charge < -0.3 is 19.7 Å². The molecule has 1 heterocycles. The van der Waals surface area contributed by atoms with Crippen LogP contribution in [0.15, 0.2) is 23.2 Å². The lowest BCUT2D eigenvalue weighted by molar-refractivity contribution is -0.146. The summed E-state index contributed by atoms with van der Waals surface area (Å²) < 4.78 is 48.4. The second-order valence-corrected chi connectivity index (χ2v) is 6.28. The highest BCUT2D eigenvalue weighted by Crippen LogP contribution is 2.26. The van der Waals surface area contributed by atoms with Gasteiger partial charge in [0.2, 0.25) is 0 Å². The summed E-state index contributed by atoms with van der Waals surface area (Å²) in [5.74, 6) is -0.955. The van der Waals surface area contributed by atoms with Crippen LogP contribution in [-0.2, 0) is 16.1 Å². The number of alkyl halides is 2. The Kier molecular flexibility index (Phi) is 7.32. The maximum absolute atomic E-state index is 14.1. The number of methoxy groups -OCH3 is 1. The van der Waals surface area contributed by atoms with Gasteiger partial charge in [0.05, 0.1) is 25.1 Å². The standard InChI is InChI=1S/C18H24F3N3O3/c1-4-22-18(24-9-11(2)13(10-24)16(25)26-3)23-8-12-14(19)6-5-7-15(12)27-17(20)21/h5-7,11,13,17H,4,8-10H2,1-3H3,(H,22,23). The highest BCUT2D eigenvalue weighted by atomic mass is 19.3. The van der Waals surface area contributed by atoms with E-state index >= 15 is 0 Å². The fraction of sp³-hybridized carbons (Fsp3) is 0.556. The van der Waals surface area contributed by atoms with E-state index < -0.39 is 12.4 Å². The van der Waals surface area contributed by atoms with Crippen LogP contribution in [0.1, 0.15) is 19.4 Å². The molecule has 27 heavy (non-hydrogen) atoms. The number of nitrogens with zero attached hydrogens (tertiary/aromatic N) is 2. The van der Waals surface area contributed by atoms with Crippen molar-refractivity contribution in [3.8, 4) is 5.75 Å². The third kappa shape index (κ3) is 5.27. The summed E-state index contributed by atoms with van der Waals surface area (Å²) in [5, 5.41) is 3.08. The van der Waals surface area contributed by atoms with E-state index in [-0.39, 0.29) is 35.7 Å². The monoisotopic (exact) mass is 387 g/mol. The summed E-state index contributed by atoms with van der Waals surface area (Å²) >= 11 is 0. The molecular weight excluding hydrogens is 363 g/mol. The van der Waals surface area contributed by atoms with Crippen LogP contribution in [0.5, 0.6) is 5.75 Å². The summed E-state index contributed by atoms with van der Waals surface area (Å²) in [7, 11) is 1.35. The van der Waals surface area contributed by atoms with Crippen molar-refractivity contribution in [1.82, 2.24) is 10.2 Å². The van der Waals surface area contributed by atoms with E-state index in [0.29, 0.717) is 25.6 Å². The fourth-order valence-electron chi connectivity index (χ4n) is 3.08. The van der Waals surface area contributed by atoms with Crippen molar-refractivity contribution in [3.63, 3.8) is 0 Å². The number of halogens is 3. The molecule has 1 fully saturated rings. The lowest BCUT2D eigenvalue weighted by Crippen LogP contribution is -2.40. The van der Waals surface area contributed by atoms with Crippen LogP contribution in [0.2, 0.25) is 0 Å². The molecule has 1 N–H and O–H groups in total. The molecule has 2 unspecified atom stereocenters. The van der Waals surface area contributed by atoms with Gasteiger partial charge >= 0.3 is 12.6 Å². The molecule has 0 radical (unpaired) electrons. The molecule has 2 rings (SSSR count). The lowest BCUT2D eigenvalue weighted by Gasteiger charge is -2.21. The van der Waals surface area contributed by atoms with Crippen LogP contribution in [-0.4, -0.2) is 50.2 Å². The number of hydrogen-bond acceptors (Lipinski definition) is 4. The predicted octanol–water partition coefficient (Wildman–Crippen LogP) is 2.63. The van der Waals surface area contributed by atoms with Gasteiger partial charge in [-0.1, -0.05) is 13.0 Å². The Morgan fingerprint density at radius 2 is 2.15 bits per heavy atom. The SMILES string of the molecule is CCNC(=NCc1c(F)cccc1OC(F)F)N1CC(C)C(C(=O)OC)C1. The molecule has 1 aliphatic heterocycles. The highest BCUT2D eigenvalue weighted by molar-refractivity contribution is 5.82. The zero-order valence-electron chi connectivity index (χ0n) is 15.5. The second kappa shape index (κ2) is 9.48. The van der Waals surface area contributed by atoms with Gasteiger partial charge in [0.25, 0.3) is 0 Å². The first kappa shape index (κ1) is 20.9. The van der Waals surface area contributed by atoms with E-state index in [1.54, 1.807) is 0 Å². The van der Waals surface area contributed by atoms with E-state index in [2.05, 4.69) is 15.0 Å². The molecular formula is C18H24F3N3O3. The predicted molar refractivity (Wildman–Crippen MR) is 94.1 cm³/mol. The summed E-state index contributed by atoms with van der Waals surface area (Å²) in [6.45, 7) is 2.14. The van der Waals surface area contributed by atoms with Gasteiger partial charge in [-0.3, -0.25) is 4.79 Å². The summed E-state index contributed by atoms with van der Waals surface area (Å²) in [6.07, 6.45) is 0. The molecule has 150 valence electrons. The Balaban J connectivity index is 2.21. The molecule has 0 aromatic heterocycles. The van der Waals surface area contributed by atoms with Crippen LogP contribution in [0.25, 0.3) is 0 Å². The third-order valence-electron chi connectivity index (χ3n) is 4.43.